The SMILES string of the molecule is Brc1ccc2c(c1)c1ccccc1n2-c1ccc(-c2ccccc2)cc1.O[B]Oc1ccc2c(c1)c1ccccc1n2-c1ccc(-c2ccccc2)cc1.c1ccc(-c2ccc(-n3c4ccccc4c4cc(-c5ccc6c(c5)c5ccccc5n6-c5ccc(-c6ccccc6)cc5)ccc43)cc2)cc1. The summed E-state index contributed by atoms with van der Waals surface area (Å²) in [5.41, 5.74) is 26.3. The fraction of sp³-hybridized carbons (Fsp3) is 0. The molecular weight excluding hydrogens is 1330 g/mol. The molecule has 8 heteroatoms. The lowest BCUT2D eigenvalue weighted by atomic mass is 10.0. The smallest absolute Gasteiger partial charge is 0.537 e. The molecule has 0 unspecified atom stereocenters. The van der Waals surface area contributed by atoms with Crippen LogP contribution in [-0.2, 0) is 0 Å². The van der Waals surface area contributed by atoms with Crippen LogP contribution in [0.2, 0.25) is 0 Å². The van der Waals surface area contributed by atoms with E-state index in [4.69, 9.17) is 9.68 Å². The molecule has 104 heavy (non-hydrogen) atoms. The molecule has 16 aromatic carbocycles. The van der Waals surface area contributed by atoms with Gasteiger partial charge in [0, 0.05) is 70.3 Å². The van der Waals surface area contributed by atoms with Crippen molar-refractivity contribution in [1.82, 2.24) is 18.3 Å². The van der Waals surface area contributed by atoms with Crippen molar-refractivity contribution in [2.24, 2.45) is 0 Å². The molecule has 491 valence electrons. The van der Waals surface area contributed by atoms with E-state index in [0.717, 1.165) is 43.3 Å². The Bertz CT molecular complexity index is 6310. The predicted octanol–water partition coefficient (Wildman–Crippen LogP) is 25.5. The Kier molecular flexibility index (Phi) is 16.7. The lowest BCUT2D eigenvalue weighted by molar-refractivity contribution is 0.454. The van der Waals surface area contributed by atoms with Crippen LogP contribution in [0.5, 0.6) is 5.75 Å². The highest BCUT2D eigenvalue weighted by Gasteiger charge is 2.19. The van der Waals surface area contributed by atoms with Gasteiger partial charge >= 0.3 is 7.69 Å². The quantitative estimate of drug-likeness (QED) is 0.131. The van der Waals surface area contributed by atoms with E-state index in [1.807, 2.05) is 36.4 Å². The minimum Gasteiger partial charge on any atom is -0.537 e. The number of rotatable bonds is 11. The largest absolute Gasteiger partial charge is 0.569 e. The van der Waals surface area contributed by atoms with Gasteiger partial charge in [0.25, 0.3) is 0 Å². The zero-order valence-corrected chi connectivity index (χ0v) is 58.1. The molecule has 0 atom stereocenters. The topological polar surface area (TPSA) is 49.2 Å². The first-order valence-corrected chi connectivity index (χ1v) is 35.8. The maximum Gasteiger partial charge on any atom is 0.569 e. The van der Waals surface area contributed by atoms with Crippen molar-refractivity contribution in [2.45, 2.75) is 0 Å². The molecule has 1 N–H and O–H groups in total. The molecule has 0 fully saturated rings. The highest BCUT2D eigenvalue weighted by atomic mass is 79.9. The van der Waals surface area contributed by atoms with E-state index in [1.165, 1.54) is 127 Å². The fourth-order valence-electron chi connectivity index (χ4n) is 15.2. The summed E-state index contributed by atoms with van der Waals surface area (Å²) in [4.78, 5) is 0. The molecule has 0 amide bonds. The first-order valence-electron chi connectivity index (χ1n) is 35.0. The van der Waals surface area contributed by atoms with Gasteiger partial charge in [-0.1, -0.05) is 271 Å². The standard InChI is InChI=1S/C48H32N2.C24H17BNO2.C24H16BrN/c1-3-11-33(12-4-1)35-19-25-39(26-20-35)49-45-17-9-7-15-41(45)43-31-37(23-29-47(43)49)38-24-30-48-44(32-38)42-16-8-10-18-46(42)50(48)40-27-21-36(22-28-40)34-13-5-2-6-14-34;27-25-28-20-14-15-24-22(16-20)21-8-4-5-9-23(21)26(24)19-12-10-18(11-13-19)17-6-2-1-3-7-17;25-19-12-15-24-22(16-19)21-8-4-5-9-23(21)26(24)20-13-10-18(11-14-20)17-6-2-1-3-7-17/h1-32H;1-16,27H;1-16H. The number of fused-ring (bicyclic) bond motifs is 12. The first kappa shape index (κ1) is 63.2. The lowest BCUT2D eigenvalue weighted by Gasteiger charge is -2.11. The minimum absolute atomic E-state index is 0.609. The zero-order valence-electron chi connectivity index (χ0n) is 56.6. The average Bonchev–Trinajstić information content (AvgIpc) is 1.61. The van der Waals surface area contributed by atoms with Crippen LogP contribution in [0.3, 0.4) is 0 Å². The third-order valence-corrected chi connectivity index (χ3v) is 20.6. The predicted molar refractivity (Wildman–Crippen MR) is 440 cm³/mol. The van der Waals surface area contributed by atoms with E-state index in [-0.39, 0.29) is 0 Å². The zero-order chi connectivity index (χ0) is 69.5. The van der Waals surface area contributed by atoms with Crippen molar-refractivity contribution in [2.75, 3.05) is 0 Å². The molecule has 4 aromatic heterocycles. The molecule has 4 heterocycles. The molecule has 0 spiro atoms. The molecule has 0 aliphatic heterocycles. The molecule has 0 aliphatic carbocycles. The van der Waals surface area contributed by atoms with Gasteiger partial charge in [0.05, 0.1) is 44.1 Å². The summed E-state index contributed by atoms with van der Waals surface area (Å²) in [7, 11) is 0.711. The maximum atomic E-state index is 8.96. The van der Waals surface area contributed by atoms with Gasteiger partial charge in [0.15, 0.2) is 0 Å². The van der Waals surface area contributed by atoms with Crippen molar-refractivity contribution in [3.05, 3.63) is 393 Å². The van der Waals surface area contributed by atoms with Gasteiger partial charge in [-0.25, -0.2) is 0 Å². The molecular formula is C96H65BBrN4O2. The fourth-order valence-corrected chi connectivity index (χ4v) is 15.5. The Morgan fingerprint density at radius 1 is 0.202 bits per heavy atom. The number of nitrogens with zero attached hydrogens (tertiary/aromatic N) is 4. The van der Waals surface area contributed by atoms with E-state index in [9.17, 15) is 0 Å². The summed E-state index contributed by atoms with van der Waals surface area (Å²) in [5.74, 6) is 0.609. The van der Waals surface area contributed by atoms with Gasteiger partial charge in [-0.3, -0.25) is 0 Å². The van der Waals surface area contributed by atoms with Gasteiger partial charge < -0.3 is 27.9 Å². The monoisotopic (exact) mass is 1400 g/mol. The minimum atomic E-state index is 0.609. The van der Waals surface area contributed by atoms with Crippen molar-refractivity contribution < 1.29 is 9.68 Å². The van der Waals surface area contributed by atoms with E-state index >= 15 is 0 Å². The number of hydrogen-bond acceptors (Lipinski definition) is 2. The van der Waals surface area contributed by atoms with E-state index in [1.54, 1.807) is 0 Å². The number of hydrogen-bond donors (Lipinski definition) is 1. The molecule has 1 radical (unpaired) electrons. The molecule has 0 saturated carbocycles. The average molecular weight is 1400 g/mol. The molecule has 20 aromatic rings. The third-order valence-electron chi connectivity index (χ3n) is 20.1. The second-order valence-corrected chi connectivity index (χ2v) is 27.0. The number of aromatic nitrogens is 4. The Morgan fingerprint density at radius 3 is 0.740 bits per heavy atom. The van der Waals surface area contributed by atoms with E-state index < -0.39 is 0 Å². The Morgan fingerprint density at radius 2 is 0.433 bits per heavy atom. The molecule has 0 aliphatic rings. The molecule has 0 saturated heterocycles. The van der Waals surface area contributed by atoms with Crippen LogP contribution < -0.4 is 4.65 Å². The Labute approximate surface area is 611 Å². The highest BCUT2D eigenvalue weighted by molar-refractivity contribution is 9.10. The summed E-state index contributed by atoms with van der Waals surface area (Å²) in [6.45, 7) is 0. The number of halogens is 1. The van der Waals surface area contributed by atoms with Crippen LogP contribution in [-0.4, -0.2) is 31.0 Å². The van der Waals surface area contributed by atoms with Crippen LogP contribution in [0.1, 0.15) is 0 Å². The summed E-state index contributed by atoms with van der Waals surface area (Å²) in [6, 6.07) is 138. The van der Waals surface area contributed by atoms with Gasteiger partial charge in [-0.15, -0.1) is 0 Å². The summed E-state index contributed by atoms with van der Waals surface area (Å²) < 4.78 is 15.6. The molecule has 0 bridgehead atoms. The maximum absolute atomic E-state index is 8.96. The van der Waals surface area contributed by atoms with Crippen LogP contribution >= 0.6 is 15.9 Å². The van der Waals surface area contributed by atoms with Gasteiger partial charge in [-0.2, -0.15) is 0 Å². The van der Waals surface area contributed by atoms with Crippen LogP contribution in [0.15, 0.2) is 393 Å². The number of benzene rings is 16. The normalized spacial score (nSPS) is 11.4. The van der Waals surface area contributed by atoms with Crippen molar-refractivity contribution in [3.63, 3.8) is 0 Å². The Hall–Kier alpha value is -13.0. The summed E-state index contributed by atoms with van der Waals surface area (Å²) in [6.07, 6.45) is 0. The van der Waals surface area contributed by atoms with Crippen molar-refractivity contribution >= 4 is 111 Å². The third kappa shape index (κ3) is 11.8. The second kappa shape index (κ2) is 27.5. The number of para-hydroxylation sites is 4. The van der Waals surface area contributed by atoms with Gasteiger partial charge in [0.2, 0.25) is 0 Å². The second-order valence-electron chi connectivity index (χ2n) is 26.1. The van der Waals surface area contributed by atoms with E-state index in [2.05, 4.69) is 386 Å². The lowest BCUT2D eigenvalue weighted by Crippen LogP contribution is -1.99. The summed E-state index contributed by atoms with van der Waals surface area (Å²) in [5, 5.41) is 18.8. The molecule has 6 nitrogen and oxygen atoms in total. The van der Waals surface area contributed by atoms with E-state index in [0.29, 0.717) is 13.4 Å². The van der Waals surface area contributed by atoms with Gasteiger partial charge in [0.1, 0.15) is 5.75 Å². The van der Waals surface area contributed by atoms with Crippen LogP contribution in [0.4, 0.5) is 0 Å². The van der Waals surface area contributed by atoms with Crippen molar-refractivity contribution in [1.29, 1.82) is 0 Å². The summed E-state index contributed by atoms with van der Waals surface area (Å²) >= 11 is 3.61. The van der Waals surface area contributed by atoms with Crippen LogP contribution in [0, 0.1) is 0 Å². The van der Waals surface area contributed by atoms with Gasteiger partial charge in [-0.05, 0) is 189 Å². The van der Waals surface area contributed by atoms with Crippen molar-refractivity contribution in [3.8, 4) is 84.1 Å². The Balaban J connectivity index is 0.000000121. The highest BCUT2D eigenvalue weighted by Crippen LogP contribution is 2.41. The molecule has 20 rings (SSSR count). The first-order chi connectivity index (χ1) is 51.5. The van der Waals surface area contributed by atoms with Crippen LogP contribution in [0.25, 0.3) is 166 Å².